The fourth-order valence-electron chi connectivity index (χ4n) is 3.03. The molecule has 2 heterocycles. The van der Waals surface area contributed by atoms with Crippen LogP contribution in [-0.2, 0) is 0 Å². The van der Waals surface area contributed by atoms with Gasteiger partial charge in [0.25, 0.3) is 0 Å². The predicted molar refractivity (Wildman–Crippen MR) is 85.4 cm³/mol. The molecule has 0 saturated carbocycles. The summed E-state index contributed by atoms with van der Waals surface area (Å²) >= 11 is 6.17. The van der Waals surface area contributed by atoms with Gasteiger partial charge in [-0.15, -0.1) is 0 Å². The lowest BCUT2D eigenvalue weighted by Gasteiger charge is -2.19. The number of amides is 2. The van der Waals surface area contributed by atoms with E-state index in [4.69, 9.17) is 22.6 Å². The van der Waals surface area contributed by atoms with Crippen molar-refractivity contribution in [1.29, 1.82) is 5.26 Å². The number of aliphatic imine (C=N–C) groups is 1. The molecule has 2 unspecified atom stereocenters. The number of fused-ring (bicyclic) bond motifs is 1. The van der Waals surface area contributed by atoms with Crippen LogP contribution in [0.4, 0.5) is 10.5 Å². The molecular formula is C15H16ClN5O2. The molecule has 7 nitrogen and oxygen atoms in total. The summed E-state index contributed by atoms with van der Waals surface area (Å²) in [5, 5.41) is 19.4. The van der Waals surface area contributed by atoms with Crippen molar-refractivity contribution < 1.29 is 9.90 Å². The highest BCUT2D eigenvalue weighted by Gasteiger charge is 2.45. The maximum atomic E-state index is 11.7. The normalized spacial score (nSPS) is 24.9. The number of nitrogens with two attached hydrogens (primary N) is 1. The number of halogens is 1. The lowest BCUT2D eigenvalue weighted by atomic mass is 10.1. The topological polar surface area (TPSA) is 106 Å². The first-order valence-electron chi connectivity index (χ1n) is 7.23. The predicted octanol–water partition coefficient (Wildman–Crippen LogP) is 1.34. The van der Waals surface area contributed by atoms with Crippen LogP contribution in [0.2, 0.25) is 5.02 Å². The molecule has 120 valence electrons. The van der Waals surface area contributed by atoms with Crippen molar-refractivity contribution in [3.63, 3.8) is 0 Å². The minimum Gasteiger partial charge on any atom is -0.391 e. The molecule has 2 fully saturated rings. The molecule has 3 rings (SSSR count). The Balaban J connectivity index is 2.05. The van der Waals surface area contributed by atoms with E-state index in [-0.39, 0.29) is 6.04 Å². The van der Waals surface area contributed by atoms with Crippen LogP contribution in [0.15, 0.2) is 17.1 Å². The number of aliphatic hydroxyl groups is 1. The Morgan fingerprint density at radius 3 is 2.96 bits per heavy atom. The number of carbonyl (C=O) groups excluding carboxylic acids is 1. The van der Waals surface area contributed by atoms with Gasteiger partial charge in [0.05, 0.1) is 35.0 Å². The van der Waals surface area contributed by atoms with Gasteiger partial charge in [0.1, 0.15) is 6.07 Å². The van der Waals surface area contributed by atoms with Gasteiger partial charge in [0.15, 0.2) is 0 Å². The quantitative estimate of drug-likeness (QED) is 0.808. The fourth-order valence-corrected chi connectivity index (χ4v) is 3.23. The summed E-state index contributed by atoms with van der Waals surface area (Å²) in [5.41, 5.74) is 7.03. The minimum absolute atomic E-state index is 0.185. The molecule has 0 aromatic heterocycles. The molecule has 2 amide bonds. The Kier molecular flexibility index (Phi) is 3.88. The van der Waals surface area contributed by atoms with Crippen LogP contribution in [0, 0.1) is 18.3 Å². The van der Waals surface area contributed by atoms with E-state index in [1.807, 2.05) is 11.0 Å². The molecule has 1 aromatic rings. The first-order chi connectivity index (χ1) is 10.9. The zero-order valence-electron chi connectivity index (χ0n) is 12.5. The molecule has 2 aliphatic rings. The smallest absolute Gasteiger partial charge is 0.321 e. The number of nitriles is 1. The third-order valence-electron chi connectivity index (χ3n) is 4.34. The summed E-state index contributed by atoms with van der Waals surface area (Å²) in [6.07, 6.45) is 0.124. The van der Waals surface area contributed by atoms with Crippen LogP contribution < -0.4 is 5.73 Å². The first kappa shape index (κ1) is 15.6. The number of benzene rings is 1. The Labute approximate surface area is 138 Å². The molecule has 8 heteroatoms. The third kappa shape index (κ3) is 2.50. The number of rotatable bonds is 1. The maximum Gasteiger partial charge on any atom is 0.321 e. The summed E-state index contributed by atoms with van der Waals surface area (Å²) < 4.78 is 0. The Morgan fingerprint density at radius 1 is 1.57 bits per heavy atom. The lowest BCUT2D eigenvalue weighted by molar-refractivity contribution is 0.144. The van der Waals surface area contributed by atoms with E-state index in [0.29, 0.717) is 47.3 Å². The van der Waals surface area contributed by atoms with Gasteiger partial charge in [-0.05, 0) is 31.0 Å². The second-order valence-electron chi connectivity index (χ2n) is 5.66. The summed E-state index contributed by atoms with van der Waals surface area (Å²) in [7, 11) is 0. The molecule has 2 atom stereocenters. The Hall–Kier alpha value is -2.30. The van der Waals surface area contributed by atoms with E-state index in [2.05, 4.69) is 4.99 Å². The van der Waals surface area contributed by atoms with E-state index in [9.17, 15) is 9.90 Å². The van der Waals surface area contributed by atoms with Gasteiger partial charge >= 0.3 is 6.03 Å². The highest BCUT2D eigenvalue weighted by atomic mass is 35.5. The van der Waals surface area contributed by atoms with Crippen LogP contribution in [0.3, 0.4) is 0 Å². The van der Waals surface area contributed by atoms with E-state index < -0.39 is 12.1 Å². The zero-order valence-corrected chi connectivity index (χ0v) is 13.3. The molecule has 0 spiro atoms. The average Bonchev–Trinajstić information content (AvgIpc) is 3.05. The summed E-state index contributed by atoms with van der Waals surface area (Å²) in [6.45, 7) is 2.69. The van der Waals surface area contributed by atoms with Crippen LogP contribution in [0.25, 0.3) is 0 Å². The van der Waals surface area contributed by atoms with Crippen molar-refractivity contribution in [2.45, 2.75) is 25.5 Å². The summed E-state index contributed by atoms with van der Waals surface area (Å²) in [5.74, 6) is 0.419. The van der Waals surface area contributed by atoms with Crippen LogP contribution >= 0.6 is 11.6 Å². The molecule has 0 aliphatic carbocycles. The van der Waals surface area contributed by atoms with Gasteiger partial charge in [-0.2, -0.15) is 5.26 Å². The maximum absolute atomic E-state index is 11.7. The van der Waals surface area contributed by atoms with Crippen molar-refractivity contribution in [2.24, 2.45) is 10.7 Å². The van der Waals surface area contributed by atoms with Crippen LogP contribution in [0.1, 0.15) is 17.5 Å². The van der Waals surface area contributed by atoms with Crippen molar-refractivity contribution >= 4 is 29.3 Å². The number of primary amides is 1. The number of guanidine groups is 1. The number of hydrogen-bond donors (Lipinski definition) is 2. The second kappa shape index (κ2) is 5.72. The van der Waals surface area contributed by atoms with Crippen molar-refractivity contribution in [3.8, 4) is 6.07 Å². The van der Waals surface area contributed by atoms with Crippen molar-refractivity contribution in [3.05, 3.63) is 28.3 Å². The molecule has 23 heavy (non-hydrogen) atoms. The number of aliphatic hydroxyl groups excluding tert-OH is 1. The van der Waals surface area contributed by atoms with E-state index in [0.717, 1.165) is 0 Å². The molecule has 1 aromatic carbocycles. The van der Waals surface area contributed by atoms with Crippen molar-refractivity contribution in [1.82, 2.24) is 9.80 Å². The molecule has 3 N–H and O–H groups in total. The fraction of sp³-hybridized carbons (Fsp3) is 0.400. The molecule has 2 aliphatic heterocycles. The van der Waals surface area contributed by atoms with Gasteiger partial charge in [-0.3, -0.25) is 4.90 Å². The third-order valence-corrected chi connectivity index (χ3v) is 4.83. The van der Waals surface area contributed by atoms with Crippen molar-refractivity contribution in [2.75, 3.05) is 13.1 Å². The molecular weight excluding hydrogens is 318 g/mol. The van der Waals surface area contributed by atoms with Gasteiger partial charge in [0, 0.05) is 6.54 Å². The largest absolute Gasteiger partial charge is 0.391 e. The van der Waals surface area contributed by atoms with Gasteiger partial charge < -0.3 is 15.7 Å². The Bertz CT molecular complexity index is 742. The standard InChI is InChI=1S/C15H16ClN5O2/c1-8-10(3-2-9(6-17)13(8)16)19-15-20-5-4-12(22)11(20)7-21(15)14(18)23/h2-3,11-12,22H,4-5,7H2,1H3,(H2,18,23). The van der Waals surface area contributed by atoms with E-state index >= 15 is 0 Å². The van der Waals surface area contributed by atoms with Gasteiger partial charge in [0.2, 0.25) is 5.96 Å². The zero-order chi connectivity index (χ0) is 16.7. The average molecular weight is 334 g/mol. The van der Waals surface area contributed by atoms with Crippen LogP contribution in [-0.4, -0.2) is 52.1 Å². The van der Waals surface area contributed by atoms with E-state index in [1.54, 1.807) is 19.1 Å². The number of hydrogen-bond acceptors (Lipinski definition) is 4. The molecule has 0 bridgehead atoms. The second-order valence-corrected chi connectivity index (χ2v) is 6.04. The Morgan fingerprint density at radius 2 is 2.30 bits per heavy atom. The number of urea groups is 1. The summed E-state index contributed by atoms with van der Waals surface area (Å²) in [4.78, 5) is 19.5. The minimum atomic E-state index is -0.609. The number of nitrogens with zero attached hydrogens (tertiary/aromatic N) is 4. The first-order valence-corrected chi connectivity index (χ1v) is 7.61. The monoisotopic (exact) mass is 333 g/mol. The molecule has 2 saturated heterocycles. The summed E-state index contributed by atoms with van der Waals surface area (Å²) in [6, 6.07) is 4.50. The lowest BCUT2D eigenvalue weighted by Crippen LogP contribution is -2.40. The van der Waals surface area contributed by atoms with E-state index in [1.165, 1.54) is 4.90 Å². The number of carbonyl (C=O) groups is 1. The van der Waals surface area contributed by atoms with Gasteiger partial charge in [-0.1, -0.05) is 11.6 Å². The highest BCUT2D eigenvalue weighted by Crippen LogP contribution is 2.32. The van der Waals surface area contributed by atoms with Crippen LogP contribution in [0.5, 0.6) is 0 Å². The molecule has 0 radical (unpaired) electrons. The van der Waals surface area contributed by atoms with Gasteiger partial charge in [-0.25, -0.2) is 9.79 Å². The SMILES string of the molecule is Cc1c(N=C2N(C(N)=O)CC3C(O)CCN23)ccc(C#N)c1Cl. The highest BCUT2D eigenvalue weighted by molar-refractivity contribution is 6.32.